The molecule has 1 aromatic heterocycles. The molecule has 2 aromatic carbocycles. The van der Waals surface area contributed by atoms with Crippen molar-refractivity contribution in [3.8, 4) is 5.69 Å². The Morgan fingerprint density at radius 3 is 2.59 bits per heavy atom. The number of carbonyl (C=O) groups excluding carboxylic acids is 3. The summed E-state index contributed by atoms with van der Waals surface area (Å²) in [6.45, 7) is 1.94. The van der Waals surface area contributed by atoms with E-state index in [1.54, 1.807) is 29.1 Å². The smallest absolute Gasteiger partial charge is 0.248 e. The van der Waals surface area contributed by atoms with Crippen LogP contribution >= 0.6 is 0 Å². The number of anilines is 1. The maximum Gasteiger partial charge on any atom is 0.248 e. The van der Waals surface area contributed by atoms with Gasteiger partial charge in [0.05, 0.1) is 17.3 Å². The van der Waals surface area contributed by atoms with Crippen molar-refractivity contribution in [3.63, 3.8) is 0 Å². The Labute approximate surface area is 186 Å². The third kappa shape index (κ3) is 4.37. The average molecular weight is 428 g/mol. The fourth-order valence-electron chi connectivity index (χ4n) is 3.94. The molecule has 4 rings (SSSR count). The molecule has 0 radical (unpaired) electrons. The Morgan fingerprint density at radius 2 is 1.91 bits per heavy atom. The van der Waals surface area contributed by atoms with Gasteiger partial charge in [0.15, 0.2) is 0 Å². The molecule has 1 aliphatic rings. The van der Waals surface area contributed by atoms with Crippen LogP contribution in [0.25, 0.3) is 11.8 Å². The van der Waals surface area contributed by atoms with Gasteiger partial charge in [-0.3, -0.25) is 19.7 Å². The van der Waals surface area contributed by atoms with Gasteiger partial charge in [-0.2, -0.15) is 5.10 Å². The minimum Gasteiger partial charge on any atom is -0.323 e. The van der Waals surface area contributed by atoms with Crippen LogP contribution in [0.2, 0.25) is 0 Å². The third-order valence-corrected chi connectivity index (χ3v) is 5.83. The number of benzene rings is 2. The quantitative estimate of drug-likeness (QED) is 0.463. The predicted molar refractivity (Wildman–Crippen MR) is 122 cm³/mol. The molecular weight excluding hydrogens is 404 g/mol. The van der Waals surface area contributed by atoms with Crippen molar-refractivity contribution < 1.29 is 14.4 Å². The van der Waals surface area contributed by atoms with E-state index in [0.717, 1.165) is 16.8 Å². The lowest BCUT2D eigenvalue weighted by atomic mass is 9.72. The van der Waals surface area contributed by atoms with Gasteiger partial charge in [0.1, 0.15) is 0 Å². The lowest BCUT2D eigenvalue weighted by Crippen LogP contribution is -2.51. The van der Waals surface area contributed by atoms with E-state index in [1.165, 1.54) is 6.08 Å². The molecule has 1 fully saturated rings. The summed E-state index contributed by atoms with van der Waals surface area (Å²) in [4.78, 5) is 36.4. The van der Waals surface area contributed by atoms with Crippen molar-refractivity contribution in [2.45, 2.75) is 31.6 Å². The van der Waals surface area contributed by atoms with E-state index < -0.39 is 5.41 Å². The molecule has 2 heterocycles. The Kier molecular flexibility index (Phi) is 5.98. The summed E-state index contributed by atoms with van der Waals surface area (Å²) in [5, 5.41) is 9.58. The van der Waals surface area contributed by atoms with E-state index in [0.29, 0.717) is 24.9 Å². The predicted octanol–water partition coefficient (Wildman–Crippen LogP) is 3.61. The van der Waals surface area contributed by atoms with Gasteiger partial charge in [-0.1, -0.05) is 37.3 Å². The average Bonchev–Trinajstić information content (AvgIpc) is 3.29. The van der Waals surface area contributed by atoms with E-state index >= 15 is 0 Å². The number of hydrogen-bond donors (Lipinski definition) is 2. The highest BCUT2D eigenvalue weighted by atomic mass is 16.2. The number of hydrogen-bond acceptors (Lipinski definition) is 4. The zero-order chi connectivity index (χ0) is 22.6. The van der Waals surface area contributed by atoms with E-state index in [9.17, 15) is 14.4 Å². The van der Waals surface area contributed by atoms with Gasteiger partial charge in [0, 0.05) is 29.9 Å². The molecule has 3 aromatic rings. The van der Waals surface area contributed by atoms with Gasteiger partial charge >= 0.3 is 0 Å². The molecule has 3 amide bonds. The Balaban J connectivity index is 1.40. The van der Waals surface area contributed by atoms with Crippen LogP contribution in [-0.2, 0) is 19.8 Å². The zero-order valence-corrected chi connectivity index (χ0v) is 17.7. The SMILES string of the molecule is CCC1(c2ccc(NC(=O)/C=C/c3cnn(-c4ccccc4)c3)cc2)CCC(=O)NC1=O. The van der Waals surface area contributed by atoms with Crippen molar-refractivity contribution in [1.29, 1.82) is 0 Å². The molecule has 7 heteroatoms. The van der Waals surface area contributed by atoms with Crippen molar-refractivity contribution in [2.75, 3.05) is 5.32 Å². The Morgan fingerprint density at radius 1 is 1.16 bits per heavy atom. The fourth-order valence-corrected chi connectivity index (χ4v) is 3.94. The summed E-state index contributed by atoms with van der Waals surface area (Å²) >= 11 is 0. The summed E-state index contributed by atoms with van der Waals surface area (Å²) in [7, 11) is 0. The number of rotatable bonds is 6. The highest BCUT2D eigenvalue weighted by Crippen LogP contribution is 2.36. The van der Waals surface area contributed by atoms with Crippen molar-refractivity contribution >= 4 is 29.5 Å². The van der Waals surface area contributed by atoms with Gasteiger partial charge in [-0.05, 0) is 48.7 Å². The summed E-state index contributed by atoms with van der Waals surface area (Å²) in [6.07, 6.45) is 8.09. The molecule has 0 saturated carbocycles. The van der Waals surface area contributed by atoms with Gasteiger partial charge in [-0.25, -0.2) is 4.68 Å². The van der Waals surface area contributed by atoms with Crippen LogP contribution in [0.4, 0.5) is 5.69 Å². The fraction of sp³-hybridized carbons (Fsp3) is 0.200. The second kappa shape index (κ2) is 9.01. The van der Waals surface area contributed by atoms with Crippen molar-refractivity contribution in [3.05, 3.63) is 84.2 Å². The minimum absolute atomic E-state index is 0.232. The standard InChI is InChI=1S/C25H24N4O3/c1-2-25(15-14-23(31)28-24(25)32)19-9-11-20(12-10-19)27-22(30)13-8-18-16-26-29(17-18)21-6-4-3-5-7-21/h3-13,16-17H,2,14-15H2,1H3,(H,27,30)(H,28,31,32)/b13-8+. The maximum absolute atomic E-state index is 12.5. The van der Waals surface area contributed by atoms with Gasteiger partial charge in [-0.15, -0.1) is 0 Å². The lowest BCUT2D eigenvalue weighted by molar-refractivity contribution is -0.138. The third-order valence-electron chi connectivity index (χ3n) is 5.83. The summed E-state index contributed by atoms with van der Waals surface area (Å²) in [6, 6.07) is 16.9. The number of nitrogens with zero attached hydrogens (tertiary/aromatic N) is 2. The molecule has 1 aliphatic heterocycles. The van der Waals surface area contributed by atoms with Crippen LogP contribution in [-0.4, -0.2) is 27.5 Å². The van der Waals surface area contributed by atoms with Crippen LogP contribution in [0.3, 0.4) is 0 Å². The van der Waals surface area contributed by atoms with Crippen molar-refractivity contribution in [1.82, 2.24) is 15.1 Å². The highest BCUT2D eigenvalue weighted by molar-refractivity contribution is 6.04. The number of aromatic nitrogens is 2. The van der Waals surface area contributed by atoms with Gasteiger partial charge < -0.3 is 5.32 Å². The first-order valence-corrected chi connectivity index (χ1v) is 10.5. The van der Waals surface area contributed by atoms with E-state index in [1.807, 2.05) is 55.6 Å². The second-order valence-electron chi connectivity index (χ2n) is 7.77. The molecule has 0 spiro atoms. The van der Waals surface area contributed by atoms with Crippen LogP contribution in [0.15, 0.2) is 73.1 Å². The van der Waals surface area contributed by atoms with Crippen LogP contribution in [0.5, 0.6) is 0 Å². The summed E-state index contributed by atoms with van der Waals surface area (Å²) in [5.41, 5.74) is 2.50. The highest BCUT2D eigenvalue weighted by Gasteiger charge is 2.42. The number of amides is 3. The van der Waals surface area contributed by atoms with Crippen LogP contribution in [0.1, 0.15) is 37.3 Å². The number of para-hydroxylation sites is 1. The van der Waals surface area contributed by atoms with E-state index in [-0.39, 0.29) is 17.7 Å². The Hall–Kier alpha value is -4.00. The largest absolute Gasteiger partial charge is 0.323 e. The lowest BCUT2D eigenvalue weighted by Gasteiger charge is -2.35. The minimum atomic E-state index is -0.713. The van der Waals surface area contributed by atoms with Gasteiger partial charge in [0.25, 0.3) is 0 Å². The first-order chi connectivity index (χ1) is 15.5. The molecule has 162 valence electrons. The summed E-state index contributed by atoms with van der Waals surface area (Å²) in [5.74, 6) is -0.757. The maximum atomic E-state index is 12.5. The van der Waals surface area contributed by atoms with E-state index in [2.05, 4.69) is 15.7 Å². The normalized spacial score (nSPS) is 18.5. The molecule has 0 bridgehead atoms. The molecule has 1 unspecified atom stereocenters. The number of imide groups is 1. The van der Waals surface area contributed by atoms with E-state index in [4.69, 9.17) is 0 Å². The molecule has 32 heavy (non-hydrogen) atoms. The van der Waals surface area contributed by atoms with Gasteiger partial charge in [0.2, 0.25) is 17.7 Å². The first-order valence-electron chi connectivity index (χ1n) is 10.5. The Bertz CT molecular complexity index is 1170. The number of nitrogens with one attached hydrogen (secondary N) is 2. The topological polar surface area (TPSA) is 93.1 Å². The molecular formula is C25H24N4O3. The second-order valence-corrected chi connectivity index (χ2v) is 7.77. The first kappa shape index (κ1) is 21.2. The molecule has 2 N–H and O–H groups in total. The zero-order valence-electron chi connectivity index (χ0n) is 17.7. The number of piperidine rings is 1. The molecule has 1 atom stereocenters. The number of carbonyl (C=O) groups is 3. The van der Waals surface area contributed by atoms with Crippen LogP contribution in [0, 0.1) is 0 Å². The van der Waals surface area contributed by atoms with Crippen LogP contribution < -0.4 is 10.6 Å². The molecule has 1 saturated heterocycles. The molecule has 7 nitrogen and oxygen atoms in total. The summed E-state index contributed by atoms with van der Waals surface area (Å²) < 4.78 is 1.74. The molecule has 0 aliphatic carbocycles. The van der Waals surface area contributed by atoms with Crippen molar-refractivity contribution in [2.24, 2.45) is 0 Å². The monoisotopic (exact) mass is 428 g/mol.